The molecule has 0 amide bonds. The lowest BCUT2D eigenvalue weighted by Gasteiger charge is -2.17. The lowest BCUT2D eigenvalue weighted by molar-refractivity contribution is -0.137. The summed E-state index contributed by atoms with van der Waals surface area (Å²) in [6.07, 6.45) is 4.11. The molecule has 0 fully saturated rings. The van der Waals surface area contributed by atoms with Gasteiger partial charge in [-0.25, -0.2) is 4.98 Å². The summed E-state index contributed by atoms with van der Waals surface area (Å²) in [7, 11) is 0. The molecular formula is C13H17N3O2. The van der Waals surface area contributed by atoms with Gasteiger partial charge in [0.05, 0.1) is 12.1 Å². The predicted octanol–water partition coefficient (Wildman–Crippen LogP) is 1.63. The van der Waals surface area contributed by atoms with Crippen molar-refractivity contribution in [2.45, 2.75) is 19.9 Å². The largest absolute Gasteiger partial charge is 0.481 e. The van der Waals surface area contributed by atoms with Gasteiger partial charge in [0.1, 0.15) is 5.65 Å². The predicted molar refractivity (Wildman–Crippen MR) is 68.4 cm³/mol. The molecule has 0 bridgehead atoms. The zero-order valence-corrected chi connectivity index (χ0v) is 10.4. The van der Waals surface area contributed by atoms with Crippen molar-refractivity contribution in [3.8, 4) is 0 Å². The summed E-state index contributed by atoms with van der Waals surface area (Å²) in [5.74, 6) is -0.761. The number of aliphatic carboxylic acids is 1. The van der Waals surface area contributed by atoms with Crippen LogP contribution in [0.5, 0.6) is 0 Å². The summed E-state index contributed by atoms with van der Waals surface area (Å²) >= 11 is 0. The van der Waals surface area contributed by atoms with Gasteiger partial charge in [-0.1, -0.05) is 13.0 Å². The van der Waals surface area contributed by atoms with E-state index in [1.807, 2.05) is 41.9 Å². The maximum Gasteiger partial charge on any atom is 0.304 e. The Bertz CT molecular complexity index is 503. The van der Waals surface area contributed by atoms with Crippen LogP contribution >= 0.6 is 0 Å². The molecule has 0 saturated carbocycles. The highest BCUT2D eigenvalue weighted by Gasteiger charge is 2.08. The molecule has 0 spiro atoms. The van der Waals surface area contributed by atoms with Crippen LogP contribution in [-0.4, -0.2) is 38.4 Å². The van der Waals surface area contributed by atoms with Crippen molar-refractivity contribution < 1.29 is 9.90 Å². The van der Waals surface area contributed by atoms with Crippen LogP contribution in [-0.2, 0) is 11.3 Å². The van der Waals surface area contributed by atoms with Crippen LogP contribution in [0.4, 0.5) is 0 Å². The number of imidazole rings is 1. The number of hydrogen-bond donors (Lipinski definition) is 1. The number of pyridine rings is 1. The lowest BCUT2D eigenvalue weighted by atomic mass is 10.3. The van der Waals surface area contributed by atoms with E-state index in [1.165, 1.54) is 0 Å². The number of aromatic nitrogens is 2. The SMILES string of the molecule is CCN(CCC(=O)O)Cc1cn2ccccc2n1. The molecule has 96 valence electrons. The van der Waals surface area contributed by atoms with E-state index in [1.54, 1.807) is 0 Å². The first-order chi connectivity index (χ1) is 8.69. The van der Waals surface area contributed by atoms with E-state index in [0.717, 1.165) is 17.9 Å². The molecule has 2 aromatic rings. The average molecular weight is 247 g/mol. The fraction of sp³-hybridized carbons (Fsp3) is 0.385. The van der Waals surface area contributed by atoms with Gasteiger partial charge in [-0.2, -0.15) is 0 Å². The number of nitrogens with zero attached hydrogens (tertiary/aromatic N) is 3. The van der Waals surface area contributed by atoms with Crippen molar-refractivity contribution >= 4 is 11.6 Å². The molecule has 0 aliphatic carbocycles. The van der Waals surface area contributed by atoms with Crippen LogP contribution in [0, 0.1) is 0 Å². The first-order valence-electron chi connectivity index (χ1n) is 6.06. The van der Waals surface area contributed by atoms with Crippen LogP contribution in [0.25, 0.3) is 5.65 Å². The molecule has 2 aromatic heterocycles. The van der Waals surface area contributed by atoms with Gasteiger partial charge in [0.25, 0.3) is 0 Å². The van der Waals surface area contributed by atoms with Gasteiger partial charge >= 0.3 is 5.97 Å². The molecule has 2 rings (SSSR count). The lowest BCUT2D eigenvalue weighted by Crippen LogP contribution is -2.25. The van der Waals surface area contributed by atoms with Crippen molar-refractivity contribution in [3.63, 3.8) is 0 Å². The maximum atomic E-state index is 10.6. The number of fused-ring (bicyclic) bond motifs is 1. The highest BCUT2D eigenvalue weighted by Crippen LogP contribution is 2.07. The first-order valence-corrected chi connectivity index (χ1v) is 6.06. The Morgan fingerprint density at radius 3 is 3.00 bits per heavy atom. The minimum Gasteiger partial charge on any atom is -0.481 e. The molecule has 0 aliphatic heterocycles. The number of hydrogen-bond acceptors (Lipinski definition) is 3. The van der Waals surface area contributed by atoms with E-state index in [4.69, 9.17) is 5.11 Å². The third-order valence-corrected chi connectivity index (χ3v) is 2.89. The molecule has 0 unspecified atom stereocenters. The Balaban J connectivity index is 2.04. The number of rotatable bonds is 6. The van der Waals surface area contributed by atoms with E-state index in [2.05, 4.69) is 9.88 Å². The smallest absolute Gasteiger partial charge is 0.304 e. The highest BCUT2D eigenvalue weighted by molar-refractivity contribution is 5.66. The van der Waals surface area contributed by atoms with Gasteiger partial charge < -0.3 is 9.51 Å². The topological polar surface area (TPSA) is 57.8 Å². The summed E-state index contributed by atoms with van der Waals surface area (Å²) in [5, 5.41) is 8.69. The van der Waals surface area contributed by atoms with E-state index in [9.17, 15) is 4.79 Å². The maximum absolute atomic E-state index is 10.6. The summed E-state index contributed by atoms with van der Waals surface area (Å²) < 4.78 is 1.97. The Hall–Kier alpha value is -1.88. The Morgan fingerprint density at radius 2 is 2.33 bits per heavy atom. The molecule has 0 atom stereocenters. The number of carboxylic acids is 1. The van der Waals surface area contributed by atoms with E-state index in [0.29, 0.717) is 13.1 Å². The van der Waals surface area contributed by atoms with Crippen molar-refractivity contribution in [1.29, 1.82) is 0 Å². The number of carboxylic acid groups (broad SMARTS) is 1. The monoisotopic (exact) mass is 247 g/mol. The van der Waals surface area contributed by atoms with Gasteiger partial charge in [0, 0.05) is 25.5 Å². The zero-order valence-electron chi connectivity index (χ0n) is 10.4. The summed E-state index contributed by atoms with van der Waals surface area (Å²) in [6.45, 7) is 4.09. The van der Waals surface area contributed by atoms with Gasteiger partial charge in [-0.3, -0.25) is 9.69 Å². The molecule has 0 radical (unpaired) electrons. The van der Waals surface area contributed by atoms with Crippen molar-refractivity contribution in [2.24, 2.45) is 0 Å². The molecule has 18 heavy (non-hydrogen) atoms. The Morgan fingerprint density at radius 1 is 1.50 bits per heavy atom. The van der Waals surface area contributed by atoms with Crippen LogP contribution in [0.1, 0.15) is 19.0 Å². The Labute approximate surface area is 106 Å². The van der Waals surface area contributed by atoms with E-state index < -0.39 is 5.97 Å². The molecule has 1 N–H and O–H groups in total. The minimum atomic E-state index is -0.761. The van der Waals surface area contributed by atoms with Gasteiger partial charge in [0.2, 0.25) is 0 Å². The zero-order chi connectivity index (χ0) is 13.0. The Kier molecular flexibility index (Phi) is 3.94. The van der Waals surface area contributed by atoms with Crippen LogP contribution in [0.3, 0.4) is 0 Å². The molecule has 0 aliphatic rings. The standard InChI is InChI=1S/C13H17N3O2/c1-2-15(8-6-13(17)18)9-11-10-16-7-4-3-5-12(16)14-11/h3-5,7,10H,2,6,8-9H2,1H3,(H,17,18). The van der Waals surface area contributed by atoms with Gasteiger partial charge in [0.15, 0.2) is 0 Å². The normalized spacial score (nSPS) is 11.2. The average Bonchev–Trinajstić information content (AvgIpc) is 2.76. The van der Waals surface area contributed by atoms with Crippen molar-refractivity contribution in [2.75, 3.05) is 13.1 Å². The fourth-order valence-electron chi connectivity index (χ4n) is 1.90. The second-order valence-electron chi connectivity index (χ2n) is 4.21. The van der Waals surface area contributed by atoms with Crippen molar-refractivity contribution in [1.82, 2.24) is 14.3 Å². The second-order valence-corrected chi connectivity index (χ2v) is 4.21. The first kappa shape index (κ1) is 12.6. The van der Waals surface area contributed by atoms with Crippen LogP contribution < -0.4 is 0 Å². The van der Waals surface area contributed by atoms with Crippen molar-refractivity contribution in [3.05, 3.63) is 36.3 Å². The fourth-order valence-corrected chi connectivity index (χ4v) is 1.90. The molecule has 5 heteroatoms. The quantitative estimate of drug-likeness (QED) is 0.843. The van der Waals surface area contributed by atoms with E-state index >= 15 is 0 Å². The molecule has 5 nitrogen and oxygen atoms in total. The van der Waals surface area contributed by atoms with Gasteiger partial charge in [-0.05, 0) is 18.7 Å². The molecular weight excluding hydrogens is 230 g/mol. The molecule has 0 saturated heterocycles. The minimum absolute atomic E-state index is 0.168. The summed E-state index contributed by atoms with van der Waals surface area (Å²) in [5.41, 5.74) is 1.88. The molecule has 0 aromatic carbocycles. The number of carbonyl (C=O) groups is 1. The van der Waals surface area contributed by atoms with E-state index in [-0.39, 0.29) is 6.42 Å². The van der Waals surface area contributed by atoms with Gasteiger partial charge in [-0.15, -0.1) is 0 Å². The summed E-state index contributed by atoms with van der Waals surface area (Å²) in [4.78, 5) is 17.1. The highest BCUT2D eigenvalue weighted by atomic mass is 16.4. The third kappa shape index (κ3) is 3.07. The van der Waals surface area contributed by atoms with Crippen LogP contribution in [0.2, 0.25) is 0 Å². The third-order valence-electron chi connectivity index (χ3n) is 2.89. The second kappa shape index (κ2) is 5.64. The van der Waals surface area contributed by atoms with Crippen LogP contribution in [0.15, 0.2) is 30.6 Å². The summed E-state index contributed by atoms with van der Waals surface area (Å²) in [6, 6.07) is 5.87. The molecule has 2 heterocycles.